The van der Waals surface area contributed by atoms with Crippen LogP contribution >= 0.6 is 0 Å². The lowest BCUT2D eigenvalue weighted by molar-refractivity contribution is 0.0908. The Kier molecular flexibility index (Phi) is 5.21. The molecule has 0 saturated heterocycles. The number of benzene rings is 1. The molecule has 22 heavy (non-hydrogen) atoms. The van der Waals surface area contributed by atoms with Crippen molar-refractivity contribution in [1.29, 1.82) is 0 Å². The fourth-order valence-electron chi connectivity index (χ4n) is 2.18. The molecule has 1 aromatic carbocycles. The van der Waals surface area contributed by atoms with E-state index in [1.807, 2.05) is 13.8 Å². The Bertz CT molecular complexity index is 628. The van der Waals surface area contributed by atoms with Crippen LogP contribution in [0.4, 0.5) is 4.39 Å². The summed E-state index contributed by atoms with van der Waals surface area (Å²) in [6, 6.07) is 3.79. The van der Waals surface area contributed by atoms with Crippen molar-refractivity contribution in [3.8, 4) is 5.69 Å². The summed E-state index contributed by atoms with van der Waals surface area (Å²) in [5.41, 5.74) is 0.415. The summed E-state index contributed by atoms with van der Waals surface area (Å²) in [5.74, 6) is -0.643. The average molecular weight is 306 g/mol. The molecule has 2 rings (SSSR count). The summed E-state index contributed by atoms with van der Waals surface area (Å²) in [6.45, 7) is 3.85. The number of aromatic nitrogens is 3. The van der Waals surface area contributed by atoms with Gasteiger partial charge in [0.25, 0.3) is 5.91 Å². The molecule has 1 amide bonds. The maximum Gasteiger partial charge on any atom is 0.251 e. The van der Waals surface area contributed by atoms with Crippen molar-refractivity contribution in [2.75, 3.05) is 6.61 Å². The maximum atomic E-state index is 14.1. The Morgan fingerprint density at radius 3 is 2.77 bits per heavy atom. The quantitative estimate of drug-likeness (QED) is 0.848. The first kappa shape index (κ1) is 16.1. The fraction of sp³-hybridized carbons (Fsp3) is 0.400. The van der Waals surface area contributed by atoms with Crippen molar-refractivity contribution in [2.45, 2.75) is 26.3 Å². The minimum absolute atomic E-state index is 0.149. The number of aliphatic hydroxyl groups is 1. The van der Waals surface area contributed by atoms with Crippen molar-refractivity contribution >= 4 is 5.91 Å². The SMILES string of the molecule is CC(C)CC(CO)NC(=O)c1ccc(-n2cncn2)c(F)c1. The van der Waals surface area contributed by atoms with Gasteiger partial charge in [0.1, 0.15) is 24.2 Å². The Labute approximate surface area is 128 Å². The Morgan fingerprint density at radius 2 is 2.23 bits per heavy atom. The summed E-state index contributed by atoms with van der Waals surface area (Å²) in [6.07, 6.45) is 3.34. The van der Waals surface area contributed by atoms with Crippen molar-refractivity contribution in [1.82, 2.24) is 20.1 Å². The number of nitrogens with zero attached hydrogens (tertiary/aromatic N) is 3. The second kappa shape index (κ2) is 7.13. The van der Waals surface area contributed by atoms with Gasteiger partial charge in [-0.2, -0.15) is 5.10 Å². The van der Waals surface area contributed by atoms with Crippen LogP contribution in [0.15, 0.2) is 30.9 Å². The number of hydrogen-bond acceptors (Lipinski definition) is 4. The lowest BCUT2D eigenvalue weighted by atomic mass is 10.0. The van der Waals surface area contributed by atoms with Crippen LogP contribution in [0.25, 0.3) is 5.69 Å². The van der Waals surface area contributed by atoms with Crippen molar-refractivity contribution in [3.05, 3.63) is 42.2 Å². The fourth-order valence-corrected chi connectivity index (χ4v) is 2.18. The van der Waals surface area contributed by atoms with Crippen molar-refractivity contribution in [3.63, 3.8) is 0 Å². The number of nitrogens with one attached hydrogen (secondary N) is 1. The third-order valence-electron chi connectivity index (χ3n) is 3.19. The van der Waals surface area contributed by atoms with Gasteiger partial charge in [0.2, 0.25) is 0 Å². The van der Waals surface area contributed by atoms with Gasteiger partial charge in [-0.05, 0) is 30.5 Å². The molecule has 1 unspecified atom stereocenters. The molecule has 0 aliphatic carbocycles. The number of amides is 1. The first-order chi connectivity index (χ1) is 10.5. The van der Waals surface area contributed by atoms with E-state index in [0.29, 0.717) is 12.3 Å². The maximum absolute atomic E-state index is 14.1. The molecule has 1 atom stereocenters. The van der Waals surface area contributed by atoms with Crippen LogP contribution < -0.4 is 5.32 Å². The molecule has 0 spiro atoms. The normalized spacial score (nSPS) is 12.4. The lowest BCUT2D eigenvalue weighted by Crippen LogP contribution is -2.38. The number of aliphatic hydroxyl groups excluding tert-OH is 1. The molecule has 2 aromatic rings. The lowest BCUT2D eigenvalue weighted by Gasteiger charge is -2.18. The Hall–Kier alpha value is -2.28. The van der Waals surface area contributed by atoms with Crippen molar-refractivity contribution in [2.24, 2.45) is 5.92 Å². The Morgan fingerprint density at radius 1 is 1.45 bits per heavy atom. The van der Waals surface area contributed by atoms with E-state index >= 15 is 0 Å². The van der Waals surface area contributed by atoms with E-state index < -0.39 is 11.7 Å². The number of carbonyl (C=O) groups excluding carboxylic acids is 1. The second-order valence-corrected chi connectivity index (χ2v) is 5.49. The van der Waals surface area contributed by atoms with Gasteiger partial charge in [0.15, 0.2) is 0 Å². The molecular formula is C15H19FN4O2. The molecule has 0 aliphatic heterocycles. The highest BCUT2D eigenvalue weighted by Gasteiger charge is 2.16. The Balaban J connectivity index is 2.12. The van der Waals surface area contributed by atoms with E-state index in [-0.39, 0.29) is 23.9 Å². The van der Waals surface area contributed by atoms with E-state index in [4.69, 9.17) is 0 Å². The molecule has 7 heteroatoms. The zero-order chi connectivity index (χ0) is 16.1. The van der Waals surface area contributed by atoms with Crippen LogP contribution in [0.3, 0.4) is 0 Å². The molecule has 0 aliphatic rings. The van der Waals surface area contributed by atoms with E-state index in [9.17, 15) is 14.3 Å². The minimum atomic E-state index is -0.567. The highest BCUT2D eigenvalue weighted by molar-refractivity contribution is 5.94. The number of carbonyl (C=O) groups is 1. The second-order valence-electron chi connectivity index (χ2n) is 5.49. The topological polar surface area (TPSA) is 80.0 Å². The van der Waals surface area contributed by atoms with Gasteiger partial charge in [-0.25, -0.2) is 14.1 Å². The van der Waals surface area contributed by atoms with Crippen LogP contribution in [-0.4, -0.2) is 38.4 Å². The van der Waals surface area contributed by atoms with Crippen molar-refractivity contribution < 1.29 is 14.3 Å². The van der Waals surface area contributed by atoms with Crippen LogP contribution in [0.1, 0.15) is 30.6 Å². The first-order valence-corrected chi connectivity index (χ1v) is 7.07. The average Bonchev–Trinajstić information content (AvgIpc) is 2.99. The molecule has 0 fully saturated rings. The monoisotopic (exact) mass is 306 g/mol. The van der Waals surface area contributed by atoms with Crippen LogP contribution in [-0.2, 0) is 0 Å². The van der Waals surface area contributed by atoms with Gasteiger partial charge in [-0.3, -0.25) is 4.79 Å². The highest BCUT2D eigenvalue weighted by atomic mass is 19.1. The highest BCUT2D eigenvalue weighted by Crippen LogP contribution is 2.14. The number of hydrogen-bond donors (Lipinski definition) is 2. The predicted octanol–water partition coefficient (Wildman–Crippen LogP) is 1.54. The third kappa shape index (κ3) is 3.88. The zero-order valence-corrected chi connectivity index (χ0v) is 12.5. The largest absolute Gasteiger partial charge is 0.394 e. The van der Waals surface area contributed by atoms with E-state index in [1.54, 1.807) is 0 Å². The van der Waals surface area contributed by atoms with Gasteiger partial charge < -0.3 is 10.4 Å². The molecule has 1 aromatic heterocycles. The molecular weight excluding hydrogens is 287 g/mol. The van der Waals surface area contributed by atoms with Crippen LogP contribution in [0.2, 0.25) is 0 Å². The summed E-state index contributed by atoms with van der Waals surface area (Å²) in [5, 5.41) is 15.8. The summed E-state index contributed by atoms with van der Waals surface area (Å²) in [4.78, 5) is 15.9. The van der Waals surface area contributed by atoms with E-state index in [1.165, 1.54) is 29.5 Å². The number of rotatable bonds is 6. The standard InChI is InChI=1S/C15H19FN4O2/c1-10(2)5-12(7-21)19-15(22)11-3-4-14(13(16)6-11)20-9-17-8-18-20/h3-4,6,8-10,12,21H,5,7H2,1-2H3,(H,19,22). The number of halogens is 1. The molecule has 1 heterocycles. The van der Waals surface area contributed by atoms with Gasteiger partial charge in [0.05, 0.1) is 12.6 Å². The molecule has 2 N–H and O–H groups in total. The summed E-state index contributed by atoms with van der Waals surface area (Å²) >= 11 is 0. The molecule has 118 valence electrons. The first-order valence-electron chi connectivity index (χ1n) is 7.07. The summed E-state index contributed by atoms with van der Waals surface area (Å²) in [7, 11) is 0. The zero-order valence-electron chi connectivity index (χ0n) is 12.5. The van der Waals surface area contributed by atoms with Gasteiger partial charge >= 0.3 is 0 Å². The third-order valence-corrected chi connectivity index (χ3v) is 3.19. The van der Waals surface area contributed by atoms with Crippen LogP contribution in [0.5, 0.6) is 0 Å². The van der Waals surface area contributed by atoms with E-state index in [2.05, 4.69) is 15.4 Å². The molecule has 0 bridgehead atoms. The van der Waals surface area contributed by atoms with Gasteiger partial charge in [-0.15, -0.1) is 0 Å². The van der Waals surface area contributed by atoms with Crippen LogP contribution in [0, 0.1) is 11.7 Å². The van der Waals surface area contributed by atoms with Gasteiger partial charge in [-0.1, -0.05) is 13.8 Å². The van der Waals surface area contributed by atoms with Gasteiger partial charge in [0, 0.05) is 5.56 Å². The summed E-state index contributed by atoms with van der Waals surface area (Å²) < 4.78 is 15.4. The predicted molar refractivity (Wildman–Crippen MR) is 79.1 cm³/mol. The molecule has 0 radical (unpaired) electrons. The molecule has 6 nitrogen and oxygen atoms in total. The minimum Gasteiger partial charge on any atom is -0.394 e. The van der Waals surface area contributed by atoms with E-state index in [0.717, 1.165) is 6.07 Å². The molecule has 0 saturated carbocycles. The smallest absolute Gasteiger partial charge is 0.251 e.